The van der Waals surface area contributed by atoms with Crippen molar-refractivity contribution >= 4 is 35.5 Å². The van der Waals surface area contributed by atoms with E-state index in [1.807, 2.05) is 6.92 Å². The van der Waals surface area contributed by atoms with Crippen molar-refractivity contribution in [3.05, 3.63) is 33.3 Å². The van der Waals surface area contributed by atoms with Crippen molar-refractivity contribution in [2.24, 2.45) is 17.8 Å². The first-order valence-electron chi connectivity index (χ1n) is 10.6. The summed E-state index contributed by atoms with van der Waals surface area (Å²) in [6.07, 6.45) is 5.36. The second-order valence-corrected chi connectivity index (χ2v) is 11.0. The van der Waals surface area contributed by atoms with E-state index in [0.29, 0.717) is 21.9 Å². The van der Waals surface area contributed by atoms with E-state index in [0.717, 1.165) is 42.9 Å². The third-order valence-electron chi connectivity index (χ3n) is 6.05. The fourth-order valence-electron chi connectivity index (χ4n) is 4.69. The second-order valence-electron chi connectivity index (χ2n) is 9.71. The molecule has 3 fully saturated rings. The number of nitrogens with zero attached hydrogens (tertiary/aromatic N) is 1. The fourth-order valence-corrected chi connectivity index (χ4v) is 5.65. The van der Waals surface area contributed by atoms with E-state index in [2.05, 4.69) is 24.0 Å². The van der Waals surface area contributed by atoms with E-state index < -0.39 is 16.1 Å². The van der Waals surface area contributed by atoms with E-state index in [4.69, 9.17) is 11.6 Å². The van der Waals surface area contributed by atoms with Gasteiger partial charge in [0.2, 0.25) is 0 Å². The molecule has 31 heavy (non-hydrogen) atoms. The Hall–Kier alpha value is -1.19. The molecule has 0 spiro atoms. The molecule has 0 aromatic heterocycles. The van der Waals surface area contributed by atoms with Crippen molar-refractivity contribution in [3.8, 4) is 0 Å². The van der Waals surface area contributed by atoms with E-state index >= 15 is 0 Å². The number of nitro benzene ring substituents is 1. The lowest BCUT2D eigenvalue weighted by molar-refractivity contribution is -0.387. The van der Waals surface area contributed by atoms with Crippen molar-refractivity contribution in [3.63, 3.8) is 0 Å². The summed E-state index contributed by atoms with van der Waals surface area (Å²) >= 11 is 6.72. The Morgan fingerprint density at radius 2 is 2.00 bits per heavy atom. The van der Waals surface area contributed by atoms with Crippen molar-refractivity contribution in [2.45, 2.75) is 75.5 Å². The minimum absolute atomic E-state index is 0.0864. The molecule has 7 nitrogen and oxygen atoms in total. The van der Waals surface area contributed by atoms with Gasteiger partial charge in [0.05, 0.1) is 16.1 Å². The Bertz CT molecular complexity index is 784. The first kappa shape index (κ1) is 26.1. The highest BCUT2D eigenvalue weighted by Crippen LogP contribution is 2.46. The van der Waals surface area contributed by atoms with Crippen LogP contribution in [0, 0.1) is 27.9 Å². The molecule has 4 rings (SSSR count). The van der Waals surface area contributed by atoms with Crippen LogP contribution < -0.4 is 10.0 Å². The molecular formula is C22H34ClN3O4S. The first-order chi connectivity index (χ1) is 14.4. The van der Waals surface area contributed by atoms with Gasteiger partial charge in [-0.25, -0.2) is 4.72 Å². The topological polar surface area (TPSA) is 104 Å². The number of nitrogens with one attached hydrogen (secondary N) is 2. The smallest absolute Gasteiger partial charge is 0.285 e. The third kappa shape index (κ3) is 7.43. The summed E-state index contributed by atoms with van der Waals surface area (Å²) in [6.45, 7) is 7.63. The number of halogens is 1. The molecule has 2 bridgehead atoms. The summed E-state index contributed by atoms with van der Waals surface area (Å²) in [6, 6.07) is 5.00. The number of rotatable bonds is 6. The van der Waals surface area contributed by atoms with Crippen LogP contribution in [0.4, 0.5) is 5.69 Å². The number of benzene rings is 1. The SMILES string of the molecule is CC(C)(C=O)NSc1ccc(Cl)cc1[N+](=O)[O-].CNC1C(C)CC(C)(O)CC2CC1C2. The van der Waals surface area contributed by atoms with E-state index in [1.54, 1.807) is 26.0 Å². The Morgan fingerprint density at radius 1 is 1.35 bits per heavy atom. The molecule has 3 unspecified atom stereocenters. The molecule has 3 aliphatic carbocycles. The minimum atomic E-state index is -0.752. The monoisotopic (exact) mass is 471 g/mol. The molecule has 1 aromatic carbocycles. The van der Waals surface area contributed by atoms with Crippen LogP contribution in [0.15, 0.2) is 23.1 Å². The zero-order valence-corrected chi connectivity index (χ0v) is 20.4. The van der Waals surface area contributed by atoms with Gasteiger partial charge in [0.25, 0.3) is 5.69 Å². The molecule has 0 heterocycles. The lowest BCUT2D eigenvalue weighted by atomic mass is 9.61. The van der Waals surface area contributed by atoms with Gasteiger partial charge in [-0.15, -0.1) is 0 Å². The molecule has 3 N–H and O–H groups in total. The average molecular weight is 472 g/mol. The third-order valence-corrected chi connectivity index (χ3v) is 7.48. The number of carbonyl (C=O) groups is 1. The quantitative estimate of drug-likeness (QED) is 0.241. The van der Waals surface area contributed by atoms with Crippen molar-refractivity contribution in [1.29, 1.82) is 0 Å². The summed E-state index contributed by atoms with van der Waals surface area (Å²) in [5, 5.41) is 24.8. The summed E-state index contributed by atoms with van der Waals surface area (Å²) in [5.41, 5.74) is -1.26. The van der Waals surface area contributed by atoms with E-state index in [9.17, 15) is 20.0 Å². The zero-order valence-electron chi connectivity index (χ0n) is 18.9. The predicted molar refractivity (Wildman–Crippen MR) is 125 cm³/mol. The van der Waals surface area contributed by atoms with Crippen LogP contribution in [0.3, 0.4) is 0 Å². The normalized spacial score (nSPS) is 30.2. The van der Waals surface area contributed by atoms with E-state index in [-0.39, 0.29) is 5.69 Å². The molecule has 0 radical (unpaired) electrons. The number of hydrogen-bond donors (Lipinski definition) is 3. The van der Waals surface area contributed by atoms with Gasteiger partial charge in [0.1, 0.15) is 11.2 Å². The van der Waals surface area contributed by atoms with Crippen LogP contribution in [0.1, 0.15) is 53.4 Å². The van der Waals surface area contributed by atoms with E-state index in [1.165, 1.54) is 18.9 Å². The number of fused-ring (bicyclic) bond motifs is 4. The Balaban J connectivity index is 0.000000224. The number of aliphatic hydroxyl groups is 1. The second kappa shape index (κ2) is 10.6. The maximum atomic E-state index is 10.8. The van der Waals surface area contributed by atoms with Gasteiger partial charge in [0.15, 0.2) is 0 Å². The van der Waals surface area contributed by atoms with Crippen LogP contribution in [0.2, 0.25) is 5.02 Å². The Kier molecular flexibility index (Phi) is 8.93. The maximum Gasteiger partial charge on any atom is 0.285 e. The van der Waals surface area contributed by atoms with Crippen LogP contribution in [0.25, 0.3) is 0 Å². The van der Waals surface area contributed by atoms with Gasteiger partial charge < -0.3 is 15.2 Å². The molecule has 0 aliphatic heterocycles. The summed E-state index contributed by atoms with van der Waals surface area (Å²) in [7, 11) is 2.06. The van der Waals surface area contributed by atoms with Crippen LogP contribution >= 0.6 is 23.5 Å². The van der Waals surface area contributed by atoms with Crippen LogP contribution in [-0.2, 0) is 4.79 Å². The van der Waals surface area contributed by atoms with Crippen molar-refractivity contribution in [1.82, 2.24) is 10.0 Å². The molecule has 3 atom stereocenters. The first-order valence-corrected chi connectivity index (χ1v) is 11.8. The number of hydrogen-bond acceptors (Lipinski definition) is 7. The van der Waals surface area contributed by atoms with Crippen LogP contribution in [0.5, 0.6) is 0 Å². The maximum absolute atomic E-state index is 10.8. The Labute approximate surface area is 194 Å². The Morgan fingerprint density at radius 3 is 2.55 bits per heavy atom. The summed E-state index contributed by atoms with van der Waals surface area (Å²) in [5.74, 6) is 2.26. The van der Waals surface area contributed by atoms with Crippen molar-refractivity contribution < 1.29 is 14.8 Å². The van der Waals surface area contributed by atoms with Gasteiger partial charge in [-0.1, -0.05) is 18.5 Å². The summed E-state index contributed by atoms with van der Waals surface area (Å²) < 4.78 is 2.84. The van der Waals surface area contributed by atoms with Crippen molar-refractivity contribution in [2.75, 3.05) is 7.05 Å². The standard InChI is InChI=1S/C12H23NO.C10H11ClN2O3S/c1-8-6-12(2,14)7-9-4-10(5-9)11(8)13-3;1-10(2,6-14)12-17-9-4-3-7(11)5-8(9)13(15)16/h8-11,13-14H,4-7H2,1-3H3;3-6,12H,1-2H3. The van der Waals surface area contributed by atoms with Gasteiger partial charge >= 0.3 is 0 Å². The number of nitro groups is 1. The predicted octanol–water partition coefficient (Wildman–Crippen LogP) is 4.60. The molecular weight excluding hydrogens is 438 g/mol. The highest BCUT2D eigenvalue weighted by molar-refractivity contribution is 7.97. The van der Waals surface area contributed by atoms with Gasteiger partial charge in [-0.05, 0) is 95.3 Å². The minimum Gasteiger partial charge on any atom is -0.390 e. The molecule has 3 saturated carbocycles. The molecule has 3 aliphatic rings. The largest absolute Gasteiger partial charge is 0.390 e. The molecule has 174 valence electrons. The molecule has 1 aromatic rings. The van der Waals surface area contributed by atoms with Crippen LogP contribution in [-0.4, -0.2) is 40.5 Å². The molecule has 0 amide bonds. The highest BCUT2D eigenvalue weighted by Gasteiger charge is 2.44. The highest BCUT2D eigenvalue weighted by atomic mass is 35.5. The van der Waals surface area contributed by atoms with Gasteiger partial charge in [0, 0.05) is 17.1 Å². The van der Waals surface area contributed by atoms with Gasteiger partial charge in [-0.3, -0.25) is 10.1 Å². The average Bonchev–Trinajstić information content (AvgIpc) is 2.64. The lowest BCUT2D eigenvalue weighted by Gasteiger charge is -2.49. The summed E-state index contributed by atoms with van der Waals surface area (Å²) in [4.78, 5) is 21.4. The number of aldehydes is 1. The van der Waals surface area contributed by atoms with Gasteiger partial charge in [-0.2, -0.15) is 0 Å². The lowest BCUT2D eigenvalue weighted by Crippen LogP contribution is -2.51. The molecule has 0 saturated heterocycles. The zero-order chi connectivity index (χ0) is 23.4. The number of carbonyl (C=O) groups excluding carboxylic acids is 1. The molecule has 9 heteroatoms. The fraction of sp³-hybridized carbons (Fsp3) is 0.682.